The summed E-state index contributed by atoms with van der Waals surface area (Å²) in [7, 11) is 0. The fourth-order valence-corrected chi connectivity index (χ4v) is 2.98. The number of aryl methyl sites for hydroxylation is 1. The van der Waals surface area contributed by atoms with Crippen molar-refractivity contribution in [2.45, 2.75) is 19.9 Å². The summed E-state index contributed by atoms with van der Waals surface area (Å²) in [6, 6.07) is 7.85. The maximum Gasteiger partial charge on any atom is 0.338 e. The fourth-order valence-electron chi connectivity index (χ4n) is 2.98. The Labute approximate surface area is 166 Å². The van der Waals surface area contributed by atoms with Crippen molar-refractivity contribution < 1.29 is 9.90 Å². The van der Waals surface area contributed by atoms with Crippen molar-refractivity contribution in [3.63, 3.8) is 0 Å². The first-order valence-electron chi connectivity index (χ1n) is 8.26. The SMILES string of the molecule is Cc1cccc([C@H](C)n2ncc3nc(-n4cc(C(=O)O)cn4)[nH]c(=O)c32)c1.S. The summed E-state index contributed by atoms with van der Waals surface area (Å²) in [5, 5.41) is 17.3. The average Bonchev–Trinajstić information content (AvgIpc) is 3.28. The van der Waals surface area contributed by atoms with Crippen molar-refractivity contribution in [3.05, 3.63) is 69.9 Å². The number of benzene rings is 1. The van der Waals surface area contributed by atoms with Gasteiger partial charge in [0.25, 0.3) is 5.56 Å². The standard InChI is InChI=1S/C18H16N6O3.H2S/c1-10-4-3-5-12(6-10)11(2)24-15-14(8-20-24)21-18(22-16(15)25)23-9-13(7-19-23)17(26)27;/h3-9,11H,1-2H3,(H,26,27)(H,21,22,25);1H2/t11-;/m0./s1. The fraction of sp³-hybridized carbons (Fsp3) is 0.167. The molecule has 0 amide bonds. The molecule has 0 aliphatic carbocycles. The van der Waals surface area contributed by atoms with E-state index in [1.807, 2.05) is 38.1 Å². The normalized spacial score (nSPS) is 11.9. The molecule has 0 fully saturated rings. The molecule has 9 nitrogen and oxygen atoms in total. The van der Waals surface area contributed by atoms with Crippen LogP contribution in [0.2, 0.25) is 0 Å². The summed E-state index contributed by atoms with van der Waals surface area (Å²) in [4.78, 5) is 30.7. The number of nitrogens with one attached hydrogen (secondary N) is 1. The highest BCUT2D eigenvalue weighted by molar-refractivity contribution is 7.59. The average molecular weight is 398 g/mol. The molecule has 0 spiro atoms. The van der Waals surface area contributed by atoms with E-state index in [0.29, 0.717) is 11.0 Å². The van der Waals surface area contributed by atoms with Crippen LogP contribution in [0, 0.1) is 6.92 Å². The van der Waals surface area contributed by atoms with Gasteiger partial charge >= 0.3 is 5.97 Å². The van der Waals surface area contributed by atoms with E-state index in [-0.39, 0.29) is 36.6 Å². The minimum Gasteiger partial charge on any atom is -0.478 e. The molecule has 1 aromatic carbocycles. The Hall–Kier alpha value is -3.40. The van der Waals surface area contributed by atoms with Gasteiger partial charge in [0.2, 0.25) is 5.95 Å². The van der Waals surface area contributed by atoms with Crippen molar-refractivity contribution >= 4 is 30.5 Å². The monoisotopic (exact) mass is 398 g/mol. The molecule has 0 aliphatic rings. The van der Waals surface area contributed by atoms with Crippen LogP contribution in [0.5, 0.6) is 0 Å². The number of fused-ring (bicyclic) bond motifs is 1. The van der Waals surface area contributed by atoms with E-state index in [0.717, 1.165) is 11.1 Å². The van der Waals surface area contributed by atoms with Crippen LogP contribution in [-0.2, 0) is 0 Å². The van der Waals surface area contributed by atoms with Crippen LogP contribution in [0.25, 0.3) is 17.0 Å². The Morgan fingerprint density at radius 3 is 2.71 bits per heavy atom. The molecule has 4 aromatic rings. The van der Waals surface area contributed by atoms with Crippen LogP contribution in [-0.4, -0.2) is 40.6 Å². The third kappa shape index (κ3) is 3.29. The van der Waals surface area contributed by atoms with Crippen LogP contribution < -0.4 is 5.56 Å². The zero-order valence-electron chi connectivity index (χ0n) is 15.1. The molecular weight excluding hydrogens is 380 g/mol. The lowest BCUT2D eigenvalue weighted by Crippen LogP contribution is -2.19. The molecule has 144 valence electrons. The highest BCUT2D eigenvalue weighted by Gasteiger charge is 2.17. The first kappa shape index (κ1) is 19.4. The molecule has 0 unspecified atom stereocenters. The lowest BCUT2D eigenvalue weighted by Gasteiger charge is -2.14. The molecule has 4 rings (SSSR count). The summed E-state index contributed by atoms with van der Waals surface area (Å²) in [5.41, 5.74) is 2.53. The Kier molecular flexibility index (Phi) is 5.06. The Morgan fingerprint density at radius 2 is 2.04 bits per heavy atom. The highest BCUT2D eigenvalue weighted by Crippen LogP contribution is 2.21. The van der Waals surface area contributed by atoms with Gasteiger partial charge in [0.15, 0.2) is 5.52 Å². The molecule has 0 saturated heterocycles. The minimum absolute atomic E-state index is 0. The second-order valence-electron chi connectivity index (χ2n) is 6.28. The largest absolute Gasteiger partial charge is 0.478 e. The third-order valence-corrected chi connectivity index (χ3v) is 4.38. The van der Waals surface area contributed by atoms with Crippen LogP contribution in [0.15, 0.2) is 47.7 Å². The van der Waals surface area contributed by atoms with Gasteiger partial charge < -0.3 is 5.11 Å². The Balaban J connectivity index is 0.00000225. The van der Waals surface area contributed by atoms with Gasteiger partial charge in [-0.1, -0.05) is 29.8 Å². The van der Waals surface area contributed by atoms with E-state index < -0.39 is 5.97 Å². The summed E-state index contributed by atoms with van der Waals surface area (Å²) in [6.07, 6.45) is 3.99. The second-order valence-corrected chi connectivity index (χ2v) is 6.28. The van der Waals surface area contributed by atoms with E-state index in [2.05, 4.69) is 20.2 Å². The van der Waals surface area contributed by atoms with Gasteiger partial charge in [0.1, 0.15) is 5.52 Å². The Bertz CT molecular complexity index is 1230. The number of carboxylic acid groups (broad SMARTS) is 1. The zero-order valence-corrected chi connectivity index (χ0v) is 16.1. The molecule has 0 bridgehead atoms. The van der Waals surface area contributed by atoms with Crippen molar-refractivity contribution in [2.24, 2.45) is 0 Å². The molecule has 3 heterocycles. The topological polar surface area (TPSA) is 119 Å². The van der Waals surface area contributed by atoms with Gasteiger partial charge in [-0.05, 0) is 19.4 Å². The maximum absolute atomic E-state index is 12.7. The molecule has 1 atom stereocenters. The molecule has 0 radical (unpaired) electrons. The van der Waals surface area contributed by atoms with Gasteiger partial charge in [0, 0.05) is 6.20 Å². The number of hydrogen-bond acceptors (Lipinski definition) is 5. The Morgan fingerprint density at radius 1 is 1.25 bits per heavy atom. The van der Waals surface area contributed by atoms with Gasteiger partial charge in [-0.3, -0.25) is 14.5 Å². The number of H-pyrrole nitrogens is 1. The van der Waals surface area contributed by atoms with Gasteiger partial charge in [-0.2, -0.15) is 23.7 Å². The smallest absolute Gasteiger partial charge is 0.338 e. The lowest BCUT2D eigenvalue weighted by atomic mass is 10.1. The number of carbonyl (C=O) groups is 1. The molecule has 28 heavy (non-hydrogen) atoms. The summed E-state index contributed by atoms with van der Waals surface area (Å²) >= 11 is 0. The maximum atomic E-state index is 12.7. The highest BCUT2D eigenvalue weighted by atomic mass is 32.1. The van der Waals surface area contributed by atoms with Crippen molar-refractivity contribution in [1.29, 1.82) is 0 Å². The molecule has 0 saturated carbocycles. The number of nitrogens with zero attached hydrogens (tertiary/aromatic N) is 5. The molecule has 3 aromatic heterocycles. The van der Waals surface area contributed by atoms with E-state index in [1.165, 1.54) is 23.3 Å². The number of aromatic amines is 1. The summed E-state index contributed by atoms with van der Waals surface area (Å²) in [6.45, 7) is 3.97. The zero-order chi connectivity index (χ0) is 19.1. The molecule has 0 aliphatic heterocycles. The predicted octanol–water partition coefficient (Wildman–Crippen LogP) is 2.03. The van der Waals surface area contributed by atoms with Crippen molar-refractivity contribution in [2.75, 3.05) is 0 Å². The van der Waals surface area contributed by atoms with E-state index in [4.69, 9.17) is 5.11 Å². The van der Waals surface area contributed by atoms with Gasteiger partial charge in [-0.25, -0.2) is 14.5 Å². The van der Waals surface area contributed by atoms with E-state index in [9.17, 15) is 9.59 Å². The number of hydrogen-bond donors (Lipinski definition) is 2. The van der Waals surface area contributed by atoms with Crippen LogP contribution in [0.1, 0.15) is 34.5 Å². The first-order valence-corrected chi connectivity index (χ1v) is 8.26. The van der Waals surface area contributed by atoms with Crippen molar-refractivity contribution in [1.82, 2.24) is 29.5 Å². The quantitative estimate of drug-likeness (QED) is 0.543. The molecule has 2 N–H and O–H groups in total. The molecular formula is C18H18N6O3S. The van der Waals surface area contributed by atoms with Crippen LogP contribution in [0.3, 0.4) is 0 Å². The summed E-state index contributed by atoms with van der Waals surface area (Å²) < 4.78 is 2.84. The van der Waals surface area contributed by atoms with Crippen LogP contribution >= 0.6 is 13.5 Å². The van der Waals surface area contributed by atoms with Gasteiger partial charge in [-0.15, -0.1) is 0 Å². The number of aromatic carboxylic acids is 1. The first-order chi connectivity index (χ1) is 12.9. The predicted molar refractivity (Wildman–Crippen MR) is 108 cm³/mol. The van der Waals surface area contributed by atoms with Crippen LogP contribution in [0.4, 0.5) is 0 Å². The number of aromatic nitrogens is 6. The number of carboxylic acids is 1. The van der Waals surface area contributed by atoms with Gasteiger partial charge in [0.05, 0.1) is 24.0 Å². The minimum atomic E-state index is -1.11. The second kappa shape index (κ2) is 7.31. The van der Waals surface area contributed by atoms with Crippen molar-refractivity contribution in [3.8, 4) is 5.95 Å². The molecule has 10 heteroatoms. The number of rotatable bonds is 4. The van der Waals surface area contributed by atoms with E-state index in [1.54, 1.807) is 4.68 Å². The lowest BCUT2D eigenvalue weighted by molar-refractivity contribution is 0.0697. The summed E-state index contributed by atoms with van der Waals surface area (Å²) in [5.74, 6) is -0.979. The third-order valence-electron chi connectivity index (χ3n) is 4.38. The van der Waals surface area contributed by atoms with E-state index >= 15 is 0 Å².